The third-order valence-electron chi connectivity index (χ3n) is 2.99. The monoisotopic (exact) mass is 332 g/mol. The van der Waals surface area contributed by atoms with E-state index >= 15 is 0 Å². The summed E-state index contributed by atoms with van der Waals surface area (Å²) in [4.78, 5) is 23.8. The Morgan fingerprint density at radius 2 is 1.73 bits per heavy atom. The molecule has 1 unspecified atom stereocenters. The van der Waals surface area contributed by atoms with Crippen LogP contribution in [0.15, 0.2) is 12.1 Å². The van der Waals surface area contributed by atoms with Gasteiger partial charge in [-0.15, -0.1) is 12.4 Å². The molecule has 0 aliphatic rings. The van der Waals surface area contributed by atoms with Gasteiger partial charge in [0.1, 0.15) is 0 Å². The van der Waals surface area contributed by atoms with Crippen LogP contribution in [0.3, 0.4) is 0 Å². The topological polar surface area (TPSA) is 99.9 Å². The minimum absolute atomic E-state index is 0. The second-order valence-corrected chi connectivity index (χ2v) is 4.37. The lowest BCUT2D eigenvalue weighted by Crippen LogP contribution is -2.27. The van der Waals surface area contributed by atoms with Crippen LogP contribution in [0.1, 0.15) is 17.3 Å². The summed E-state index contributed by atoms with van der Waals surface area (Å²) in [5.74, 6) is -0.520. The Morgan fingerprint density at radius 3 is 2.18 bits per heavy atom. The normalized spacial score (nSPS) is 11.0. The average molecular weight is 333 g/mol. The van der Waals surface area contributed by atoms with E-state index in [4.69, 9.17) is 19.9 Å². The summed E-state index contributed by atoms with van der Waals surface area (Å²) >= 11 is 0. The van der Waals surface area contributed by atoms with Gasteiger partial charge in [0.05, 0.1) is 32.6 Å². The maximum absolute atomic E-state index is 11.9. The molecular weight excluding hydrogens is 312 g/mol. The minimum atomic E-state index is -0.591. The number of halogens is 1. The predicted molar refractivity (Wildman–Crippen MR) is 85.0 cm³/mol. The van der Waals surface area contributed by atoms with E-state index in [0.717, 1.165) is 0 Å². The maximum Gasteiger partial charge on any atom is 0.340 e. The Kier molecular flexibility index (Phi) is 8.29. The standard InChI is InChI=1S/C14H20N2O5.ClH/c1-8(7-15)13(17)16-10-6-12(20-3)11(19-2)5-9(10)14(18)21-4;/h5-6,8H,7,15H2,1-4H3,(H,16,17);1H. The summed E-state index contributed by atoms with van der Waals surface area (Å²) in [6.07, 6.45) is 0. The van der Waals surface area contributed by atoms with E-state index in [0.29, 0.717) is 11.5 Å². The van der Waals surface area contributed by atoms with Crippen LogP contribution in [0.5, 0.6) is 11.5 Å². The van der Waals surface area contributed by atoms with Gasteiger partial charge in [-0.1, -0.05) is 6.92 Å². The number of nitrogens with two attached hydrogens (primary N) is 1. The number of hydrogen-bond donors (Lipinski definition) is 2. The average Bonchev–Trinajstić information content (AvgIpc) is 2.52. The van der Waals surface area contributed by atoms with E-state index in [2.05, 4.69) is 5.32 Å². The molecule has 0 bridgehead atoms. The van der Waals surface area contributed by atoms with Crippen molar-refractivity contribution >= 4 is 30.0 Å². The first-order valence-corrected chi connectivity index (χ1v) is 6.33. The Bertz CT molecular complexity index is 536. The SMILES string of the molecule is COC(=O)c1cc(OC)c(OC)cc1NC(=O)C(C)CN.Cl. The first kappa shape index (κ1) is 20.0. The zero-order chi connectivity index (χ0) is 16.0. The highest BCUT2D eigenvalue weighted by Crippen LogP contribution is 2.33. The largest absolute Gasteiger partial charge is 0.493 e. The molecule has 1 aromatic rings. The van der Waals surface area contributed by atoms with Gasteiger partial charge in [0, 0.05) is 24.6 Å². The molecule has 0 spiro atoms. The van der Waals surface area contributed by atoms with Gasteiger partial charge in [-0.2, -0.15) is 0 Å². The molecule has 124 valence electrons. The second-order valence-electron chi connectivity index (χ2n) is 4.37. The number of esters is 1. The summed E-state index contributed by atoms with van der Waals surface area (Å²) < 4.78 is 15.0. The molecule has 0 aliphatic heterocycles. The van der Waals surface area contributed by atoms with Crippen LogP contribution in [0.2, 0.25) is 0 Å². The van der Waals surface area contributed by atoms with Crippen molar-refractivity contribution in [1.82, 2.24) is 0 Å². The van der Waals surface area contributed by atoms with Crippen molar-refractivity contribution in [2.24, 2.45) is 11.7 Å². The fourth-order valence-electron chi connectivity index (χ4n) is 1.62. The van der Waals surface area contributed by atoms with Crippen molar-refractivity contribution in [3.05, 3.63) is 17.7 Å². The van der Waals surface area contributed by atoms with Gasteiger partial charge in [-0.05, 0) is 0 Å². The molecule has 1 atom stereocenters. The lowest BCUT2D eigenvalue weighted by molar-refractivity contribution is -0.119. The van der Waals surface area contributed by atoms with Crippen LogP contribution in [0.25, 0.3) is 0 Å². The summed E-state index contributed by atoms with van der Waals surface area (Å²) in [5.41, 5.74) is 5.91. The molecule has 1 aromatic carbocycles. The molecule has 0 heterocycles. The molecule has 0 saturated carbocycles. The van der Waals surface area contributed by atoms with Crippen LogP contribution in [-0.4, -0.2) is 39.8 Å². The molecule has 1 amide bonds. The van der Waals surface area contributed by atoms with E-state index < -0.39 is 5.97 Å². The van der Waals surface area contributed by atoms with Crippen molar-refractivity contribution in [2.75, 3.05) is 33.2 Å². The molecule has 0 aliphatic carbocycles. The molecule has 22 heavy (non-hydrogen) atoms. The summed E-state index contributed by atoms with van der Waals surface area (Å²) in [6.45, 7) is 1.89. The fraction of sp³-hybridized carbons (Fsp3) is 0.429. The number of benzene rings is 1. The van der Waals surface area contributed by atoms with Crippen molar-refractivity contribution in [2.45, 2.75) is 6.92 Å². The molecule has 8 heteroatoms. The number of methoxy groups -OCH3 is 3. The zero-order valence-electron chi connectivity index (χ0n) is 13.0. The predicted octanol–water partition coefficient (Wildman–Crippen LogP) is 1.45. The Hall–Kier alpha value is -1.99. The van der Waals surface area contributed by atoms with Crippen molar-refractivity contribution in [1.29, 1.82) is 0 Å². The summed E-state index contributed by atoms with van der Waals surface area (Å²) in [7, 11) is 4.17. The zero-order valence-corrected chi connectivity index (χ0v) is 13.8. The van der Waals surface area contributed by atoms with Crippen LogP contribution in [0, 0.1) is 5.92 Å². The van der Waals surface area contributed by atoms with Crippen molar-refractivity contribution < 1.29 is 23.8 Å². The van der Waals surface area contributed by atoms with E-state index in [1.165, 1.54) is 33.5 Å². The quantitative estimate of drug-likeness (QED) is 0.765. The molecular formula is C14H21ClN2O5. The maximum atomic E-state index is 11.9. The number of carbonyl (C=O) groups excluding carboxylic acids is 2. The Balaban J connectivity index is 0.00000441. The van der Waals surface area contributed by atoms with Gasteiger partial charge in [-0.3, -0.25) is 4.79 Å². The van der Waals surface area contributed by atoms with E-state index in [-0.39, 0.29) is 42.0 Å². The van der Waals surface area contributed by atoms with E-state index in [1.807, 2.05) is 0 Å². The minimum Gasteiger partial charge on any atom is -0.493 e. The van der Waals surface area contributed by atoms with Gasteiger partial charge in [0.15, 0.2) is 11.5 Å². The number of hydrogen-bond acceptors (Lipinski definition) is 6. The Labute approximate surface area is 135 Å². The molecule has 3 N–H and O–H groups in total. The van der Waals surface area contributed by atoms with Crippen LogP contribution in [-0.2, 0) is 9.53 Å². The third kappa shape index (κ3) is 4.51. The smallest absolute Gasteiger partial charge is 0.340 e. The lowest BCUT2D eigenvalue weighted by atomic mass is 10.1. The highest BCUT2D eigenvalue weighted by molar-refractivity contribution is 6.02. The molecule has 1 rings (SSSR count). The van der Waals surface area contributed by atoms with Crippen molar-refractivity contribution in [3.8, 4) is 11.5 Å². The first-order chi connectivity index (χ1) is 9.98. The van der Waals surface area contributed by atoms with Gasteiger partial charge < -0.3 is 25.3 Å². The third-order valence-corrected chi connectivity index (χ3v) is 2.99. The highest BCUT2D eigenvalue weighted by Gasteiger charge is 2.20. The van der Waals surface area contributed by atoms with Gasteiger partial charge >= 0.3 is 5.97 Å². The number of anilines is 1. The molecule has 0 radical (unpaired) electrons. The summed E-state index contributed by atoms with van der Waals surface area (Å²) in [5, 5.41) is 2.65. The number of ether oxygens (including phenoxy) is 3. The number of carbonyl (C=O) groups is 2. The number of amides is 1. The molecule has 0 saturated heterocycles. The van der Waals surface area contributed by atoms with Crippen LogP contribution in [0.4, 0.5) is 5.69 Å². The Morgan fingerprint density at radius 1 is 1.18 bits per heavy atom. The molecule has 0 fully saturated rings. The van der Waals surface area contributed by atoms with Crippen LogP contribution >= 0.6 is 12.4 Å². The van der Waals surface area contributed by atoms with Crippen LogP contribution < -0.4 is 20.5 Å². The molecule has 7 nitrogen and oxygen atoms in total. The number of rotatable bonds is 6. The lowest BCUT2D eigenvalue weighted by Gasteiger charge is -2.16. The first-order valence-electron chi connectivity index (χ1n) is 6.33. The second kappa shape index (κ2) is 9.11. The fourth-order valence-corrected chi connectivity index (χ4v) is 1.62. The number of nitrogens with one attached hydrogen (secondary N) is 1. The van der Waals surface area contributed by atoms with E-state index in [9.17, 15) is 9.59 Å². The molecule has 0 aromatic heterocycles. The van der Waals surface area contributed by atoms with Gasteiger partial charge in [0.2, 0.25) is 5.91 Å². The highest BCUT2D eigenvalue weighted by atomic mass is 35.5. The summed E-state index contributed by atoms with van der Waals surface area (Å²) in [6, 6.07) is 2.96. The van der Waals surface area contributed by atoms with Gasteiger partial charge in [-0.25, -0.2) is 4.79 Å². The van der Waals surface area contributed by atoms with E-state index in [1.54, 1.807) is 6.92 Å². The van der Waals surface area contributed by atoms with Gasteiger partial charge in [0.25, 0.3) is 0 Å². The van der Waals surface area contributed by atoms with Crippen molar-refractivity contribution in [3.63, 3.8) is 0 Å².